The molecule has 0 radical (unpaired) electrons. The molecule has 8 nitrogen and oxygen atoms in total. The van der Waals surface area contributed by atoms with E-state index in [-0.39, 0.29) is 12.5 Å². The second-order valence-corrected chi connectivity index (χ2v) is 5.19. The minimum Gasteiger partial charge on any atom is -0.497 e. The molecule has 0 fully saturated rings. The number of likely N-dealkylation sites (N-methyl/N-ethyl adjacent to an activating group) is 1. The van der Waals surface area contributed by atoms with Crippen LogP contribution in [0.15, 0.2) is 54.9 Å². The first-order chi connectivity index (χ1) is 12.2. The molecule has 1 aromatic heterocycles. The summed E-state index contributed by atoms with van der Waals surface area (Å²) in [5.41, 5.74) is 1.51. The van der Waals surface area contributed by atoms with Gasteiger partial charge in [-0.1, -0.05) is 6.07 Å². The van der Waals surface area contributed by atoms with Crippen LogP contribution in [-0.4, -0.2) is 46.9 Å². The summed E-state index contributed by atoms with van der Waals surface area (Å²) in [5, 5.41) is 11.0. The lowest BCUT2D eigenvalue weighted by molar-refractivity contribution is -0.120. The number of aromatic nitrogens is 4. The van der Waals surface area contributed by atoms with Crippen LogP contribution >= 0.6 is 0 Å². The van der Waals surface area contributed by atoms with Crippen LogP contribution in [0.25, 0.3) is 5.69 Å². The van der Waals surface area contributed by atoms with E-state index in [1.807, 2.05) is 24.3 Å². The number of carbonyl (C=O) groups excluding carboxylic acids is 1. The summed E-state index contributed by atoms with van der Waals surface area (Å²) in [6, 6.07) is 14.4. The van der Waals surface area contributed by atoms with Crippen LogP contribution in [-0.2, 0) is 4.79 Å². The van der Waals surface area contributed by atoms with Crippen LogP contribution < -0.4 is 14.4 Å². The summed E-state index contributed by atoms with van der Waals surface area (Å²) < 4.78 is 12.2. The Morgan fingerprint density at radius 2 is 1.96 bits per heavy atom. The molecule has 0 aliphatic carbocycles. The molecule has 0 unspecified atom stereocenters. The van der Waals surface area contributed by atoms with Crippen molar-refractivity contribution in [2.24, 2.45) is 0 Å². The van der Waals surface area contributed by atoms with Gasteiger partial charge in [0.05, 0.1) is 12.8 Å². The summed E-state index contributed by atoms with van der Waals surface area (Å²) in [6.45, 7) is -0.0818. The number of methoxy groups -OCH3 is 1. The molecule has 0 bridgehead atoms. The molecule has 25 heavy (non-hydrogen) atoms. The zero-order valence-corrected chi connectivity index (χ0v) is 13.9. The molecule has 8 heteroatoms. The van der Waals surface area contributed by atoms with Crippen LogP contribution in [0.5, 0.6) is 11.5 Å². The third-order valence-electron chi connectivity index (χ3n) is 3.63. The fraction of sp³-hybridized carbons (Fsp3) is 0.176. The number of hydrogen-bond acceptors (Lipinski definition) is 6. The van der Waals surface area contributed by atoms with Crippen molar-refractivity contribution in [1.29, 1.82) is 0 Å². The predicted octanol–water partition coefficient (Wildman–Crippen LogP) is 1.71. The largest absolute Gasteiger partial charge is 0.497 e. The van der Waals surface area contributed by atoms with Crippen LogP contribution in [0, 0.1) is 0 Å². The highest BCUT2D eigenvalue weighted by Gasteiger charge is 2.12. The first-order valence-electron chi connectivity index (χ1n) is 7.54. The van der Waals surface area contributed by atoms with Crippen molar-refractivity contribution in [3.05, 3.63) is 54.9 Å². The zero-order chi connectivity index (χ0) is 17.6. The minimum absolute atomic E-state index is 0.0818. The van der Waals surface area contributed by atoms with Crippen LogP contribution in [0.4, 0.5) is 5.69 Å². The smallest absolute Gasteiger partial charge is 0.264 e. The molecule has 0 saturated carbocycles. The maximum absolute atomic E-state index is 12.3. The van der Waals surface area contributed by atoms with Crippen molar-refractivity contribution in [2.45, 2.75) is 0 Å². The molecule has 3 rings (SSSR count). The number of amides is 1. The normalized spacial score (nSPS) is 10.3. The minimum atomic E-state index is -0.169. The molecule has 1 amide bonds. The summed E-state index contributed by atoms with van der Waals surface area (Å²) >= 11 is 0. The number of rotatable bonds is 6. The van der Waals surface area contributed by atoms with E-state index in [2.05, 4.69) is 15.5 Å². The Hall–Kier alpha value is -3.42. The number of benzene rings is 2. The Bertz CT molecular complexity index is 834. The van der Waals surface area contributed by atoms with E-state index < -0.39 is 0 Å². The van der Waals surface area contributed by atoms with Gasteiger partial charge in [-0.05, 0) is 46.8 Å². The van der Waals surface area contributed by atoms with E-state index in [9.17, 15) is 4.79 Å². The van der Waals surface area contributed by atoms with Crippen molar-refractivity contribution >= 4 is 11.6 Å². The number of ether oxygens (including phenoxy) is 2. The zero-order valence-electron chi connectivity index (χ0n) is 13.9. The maximum atomic E-state index is 12.3. The first-order valence-corrected chi connectivity index (χ1v) is 7.54. The summed E-state index contributed by atoms with van der Waals surface area (Å²) in [5.74, 6) is 1.13. The molecule has 1 heterocycles. The number of anilines is 1. The predicted molar refractivity (Wildman–Crippen MR) is 91.1 cm³/mol. The van der Waals surface area contributed by atoms with E-state index in [1.54, 1.807) is 38.4 Å². The summed E-state index contributed by atoms with van der Waals surface area (Å²) in [7, 11) is 3.30. The van der Waals surface area contributed by atoms with E-state index in [0.717, 1.165) is 17.1 Å². The van der Waals surface area contributed by atoms with Gasteiger partial charge in [-0.3, -0.25) is 4.79 Å². The molecule has 0 N–H and O–H groups in total. The topological polar surface area (TPSA) is 82.4 Å². The third-order valence-corrected chi connectivity index (χ3v) is 3.63. The third kappa shape index (κ3) is 3.92. The Labute approximate surface area is 144 Å². The quantitative estimate of drug-likeness (QED) is 0.680. The van der Waals surface area contributed by atoms with Gasteiger partial charge in [0, 0.05) is 18.8 Å². The average Bonchev–Trinajstić information content (AvgIpc) is 3.20. The molecule has 0 aliphatic rings. The average molecular weight is 339 g/mol. The molecular formula is C17H17N5O3. The Kier molecular flexibility index (Phi) is 4.89. The first kappa shape index (κ1) is 16.4. The molecular weight excluding hydrogens is 322 g/mol. The summed E-state index contributed by atoms with van der Waals surface area (Å²) in [6.07, 6.45) is 1.49. The van der Waals surface area contributed by atoms with Gasteiger partial charge in [0.25, 0.3) is 5.91 Å². The Morgan fingerprint density at radius 1 is 1.16 bits per heavy atom. The fourth-order valence-electron chi connectivity index (χ4n) is 2.19. The van der Waals surface area contributed by atoms with Gasteiger partial charge in [-0.2, -0.15) is 0 Å². The van der Waals surface area contributed by atoms with Crippen LogP contribution in [0.1, 0.15) is 0 Å². The van der Waals surface area contributed by atoms with Crippen molar-refractivity contribution < 1.29 is 14.3 Å². The van der Waals surface area contributed by atoms with E-state index in [1.165, 1.54) is 15.9 Å². The van der Waals surface area contributed by atoms with E-state index in [4.69, 9.17) is 9.47 Å². The molecule has 0 atom stereocenters. The van der Waals surface area contributed by atoms with Gasteiger partial charge in [0.15, 0.2) is 6.61 Å². The number of tetrazole rings is 1. The molecule has 0 saturated heterocycles. The number of nitrogens with zero attached hydrogens (tertiary/aromatic N) is 5. The van der Waals surface area contributed by atoms with Gasteiger partial charge in [0.2, 0.25) is 0 Å². The second-order valence-electron chi connectivity index (χ2n) is 5.19. The Balaban J connectivity index is 1.62. The van der Waals surface area contributed by atoms with Crippen molar-refractivity contribution in [3.63, 3.8) is 0 Å². The Morgan fingerprint density at radius 3 is 2.64 bits per heavy atom. The van der Waals surface area contributed by atoms with Gasteiger partial charge in [-0.15, -0.1) is 5.10 Å². The monoisotopic (exact) mass is 339 g/mol. The molecule has 128 valence electrons. The van der Waals surface area contributed by atoms with Crippen molar-refractivity contribution in [3.8, 4) is 17.2 Å². The lowest BCUT2D eigenvalue weighted by Gasteiger charge is -2.18. The molecule has 2 aromatic carbocycles. The van der Waals surface area contributed by atoms with Gasteiger partial charge < -0.3 is 14.4 Å². The van der Waals surface area contributed by atoms with Gasteiger partial charge >= 0.3 is 0 Å². The SMILES string of the molecule is COc1ccc(N(C)C(=O)COc2cccc(-n3cnnn3)c2)cc1. The van der Waals surface area contributed by atoms with Crippen molar-refractivity contribution in [1.82, 2.24) is 20.2 Å². The highest BCUT2D eigenvalue weighted by molar-refractivity contribution is 5.93. The van der Waals surface area contributed by atoms with Gasteiger partial charge in [-0.25, -0.2) is 4.68 Å². The van der Waals surface area contributed by atoms with Crippen LogP contribution in [0.2, 0.25) is 0 Å². The highest BCUT2D eigenvalue weighted by Crippen LogP contribution is 2.19. The highest BCUT2D eigenvalue weighted by atomic mass is 16.5. The standard InChI is InChI=1S/C17H17N5O3/c1-21(13-6-8-15(24-2)9-7-13)17(23)11-25-16-5-3-4-14(10-16)22-12-18-19-20-22/h3-10,12H,11H2,1-2H3. The molecule has 0 spiro atoms. The summed E-state index contributed by atoms with van der Waals surface area (Å²) in [4.78, 5) is 13.8. The lowest BCUT2D eigenvalue weighted by atomic mass is 10.3. The van der Waals surface area contributed by atoms with Gasteiger partial charge in [0.1, 0.15) is 17.8 Å². The fourth-order valence-corrected chi connectivity index (χ4v) is 2.19. The van der Waals surface area contributed by atoms with Crippen LogP contribution in [0.3, 0.4) is 0 Å². The van der Waals surface area contributed by atoms with Crippen molar-refractivity contribution in [2.75, 3.05) is 25.7 Å². The number of carbonyl (C=O) groups is 1. The second kappa shape index (κ2) is 7.43. The maximum Gasteiger partial charge on any atom is 0.264 e. The van der Waals surface area contributed by atoms with E-state index >= 15 is 0 Å². The number of hydrogen-bond donors (Lipinski definition) is 0. The molecule has 3 aromatic rings. The van der Waals surface area contributed by atoms with E-state index in [0.29, 0.717) is 5.75 Å². The lowest BCUT2D eigenvalue weighted by Crippen LogP contribution is -2.31. The molecule has 0 aliphatic heterocycles.